The molecule has 0 unspecified atom stereocenters. The third-order valence-electron chi connectivity index (χ3n) is 8.01. The third-order valence-corrected chi connectivity index (χ3v) is 9.24. The highest BCUT2D eigenvalue weighted by Crippen LogP contribution is 2.40. The Kier molecular flexibility index (Phi) is 9.74. The zero-order valence-electron chi connectivity index (χ0n) is 22.4. The normalized spacial score (nSPS) is 18.7. The molecule has 13 heteroatoms. The van der Waals surface area contributed by atoms with E-state index in [0.29, 0.717) is 21.0 Å². The molecule has 1 saturated heterocycles. The van der Waals surface area contributed by atoms with Crippen molar-refractivity contribution in [1.29, 1.82) is 0 Å². The Labute approximate surface area is 245 Å². The average molecular weight is 611 g/mol. The van der Waals surface area contributed by atoms with Gasteiger partial charge in [-0.3, -0.25) is 14.4 Å². The van der Waals surface area contributed by atoms with Crippen LogP contribution in [0.15, 0.2) is 30.3 Å². The van der Waals surface area contributed by atoms with Crippen LogP contribution in [-0.2, 0) is 14.3 Å². The van der Waals surface area contributed by atoms with E-state index in [4.69, 9.17) is 21.1 Å². The summed E-state index contributed by atoms with van der Waals surface area (Å²) >= 11 is 7.13. The molecule has 41 heavy (non-hydrogen) atoms. The minimum absolute atomic E-state index is 0.0247. The summed E-state index contributed by atoms with van der Waals surface area (Å²) < 4.78 is 36.9. The molecule has 9 nitrogen and oxygen atoms in total. The number of thiophene rings is 1. The Bertz CT molecular complexity index is 1240. The molecule has 1 aromatic heterocycles. The van der Waals surface area contributed by atoms with Gasteiger partial charge in [-0.2, -0.15) is 8.78 Å². The van der Waals surface area contributed by atoms with Crippen molar-refractivity contribution in [3.05, 3.63) is 39.5 Å². The van der Waals surface area contributed by atoms with Crippen LogP contribution in [0.25, 0.3) is 0 Å². The molecule has 3 aliphatic rings. The van der Waals surface area contributed by atoms with Gasteiger partial charge in [-0.1, -0.05) is 24.4 Å². The topological polar surface area (TPSA) is 109 Å². The monoisotopic (exact) mass is 610 g/mol. The van der Waals surface area contributed by atoms with Crippen LogP contribution in [0.2, 0.25) is 4.34 Å². The maximum atomic E-state index is 13.6. The third kappa shape index (κ3) is 7.35. The van der Waals surface area contributed by atoms with E-state index in [1.165, 1.54) is 23.1 Å². The van der Waals surface area contributed by atoms with Gasteiger partial charge in [-0.15, -0.1) is 11.3 Å². The van der Waals surface area contributed by atoms with Crippen LogP contribution < -0.4 is 25.6 Å². The van der Waals surface area contributed by atoms with Crippen molar-refractivity contribution in [3.63, 3.8) is 0 Å². The number of halogens is 3. The lowest BCUT2D eigenvalue weighted by Crippen LogP contribution is -2.57. The Morgan fingerprint density at radius 3 is 2.44 bits per heavy atom. The van der Waals surface area contributed by atoms with Gasteiger partial charge in [0.25, 0.3) is 11.8 Å². The van der Waals surface area contributed by atoms with E-state index in [1.807, 2.05) is 0 Å². The van der Waals surface area contributed by atoms with Crippen molar-refractivity contribution in [3.8, 4) is 5.75 Å². The van der Waals surface area contributed by atoms with Crippen molar-refractivity contribution in [2.24, 2.45) is 11.8 Å². The smallest absolute Gasteiger partial charge is 0.387 e. The second kappa shape index (κ2) is 13.5. The molecule has 3 fully saturated rings. The molecule has 2 saturated carbocycles. The number of morpholine rings is 1. The molecular formula is C28H33ClF2N4O5S. The summed E-state index contributed by atoms with van der Waals surface area (Å²) in [7, 11) is 0. The van der Waals surface area contributed by atoms with E-state index in [0.717, 1.165) is 49.9 Å². The predicted molar refractivity (Wildman–Crippen MR) is 152 cm³/mol. The van der Waals surface area contributed by atoms with E-state index in [9.17, 15) is 23.2 Å². The summed E-state index contributed by atoms with van der Waals surface area (Å²) in [6.07, 6.45) is 6.70. The lowest BCUT2D eigenvalue weighted by atomic mass is 9.68. The van der Waals surface area contributed by atoms with Gasteiger partial charge in [0.05, 0.1) is 21.5 Å². The number of benzene rings is 1. The zero-order valence-corrected chi connectivity index (χ0v) is 23.9. The second-order valence-corrected chi connectivity index (χ2v) is 12.3. The summed E-state index contributed by atoms with van der Waals surface area (Å²) in [5, 5.41) is 9.17. The van der Waals surface area contributed by atoms with Crippen LogP contribution in [0.3, 0.4) is 0 Å². The van der Waals surface area contributed by atoms with Crippen molar-refractivity contribution in [1.82, 2.24) is 10.6 Å². The highest BCUT2D eigenvalue weighted by Gasteiger charge is 2.38. The van der Waals surface area contributed by atoms with Gasteiger partial charge >= 0.3 is 6.61 Å². The summed E-state index contributed by atoms with van der Waals surface area (Å²) in [6, 6.07) is 6.91. The highest BCUT2D eigenvalue weighted by molar-refractivity contribution is 7.18. The summed E-state index contributed by atoms with van der Waals surface area (Å²) in [4.78, 5) is 40.5. The Hall–Kier alpha value is -2.80. The molecule has 0 radical (unpaired) electrons. The SMILES string of the molecule is O=C(NC[C@H](NC(C1CCC1)C1CCC1)C(=O)Nc1ccc(N2CCOCC2=O)c(OC(F)F)c1)c1ccc(Cl)s1. The number of carbonyl (C=O) groups excluding carboxylic acids is 3. The quantitative estimate of drug-likeness (QED) is 0.323. The van der Waals surface area contributed by atoms with Crippen LogP contribution in [0.1, 0.15) is 48.2 Å². The minimum atomic E-state index is -3.13. The Morgan fingerprint density at radius 1 is 1.12 bits per heavy atom. The number of nitrogens with zero attached hydrogens (tertiary/aromatic N) is 1. The van der Waals surface area contributed by atoms with Gasteiger partial charge in [-0.25, -0.2) is 0 Å². The first-order valence-electron chi connectivity index (χ1n) is 13.9. The number of alkyl halides is 2. The van der Waals surface area contributed by atoms with Crippen molar-refractivity contribution < 1.29 is 32.6 Å². The molecule has 222 valence electrons. The number of hydrogen-bond acceptors (Lipinski definition) is 7. The van der Waals surface area contributed by atoms with Gasteiger partial charge in [0.1, 0.15) is 12.6 Å². The average Bonchev–Trinajstić information content (AvgIpc) is 3.31. The van der Waals surface area contributed by atoms with Crippen LogP contribution in [0, 0.1) is 11.8 Å². The van der Waals surface area contributed by atoms with Gasteiger partial charge < -0.3 is 30.3 Å². The maximum absolute atomic E-state index is 13.6. The van der Waals surface area contributed by atoms with Crippen molar-refractivity contribution in [2.45, 2.75) is 57.2 Å². The fraction of sp³-hybridized carbons (Fsp3) is 0.536. The molecule has 3 amide bonds. The first kappa shape index (κ1) is 29.7. The number of nitrogens with one attached hydrogen (secondary N) is 3. The first-order chi connectivity index (χ1) is 19.8. The van der Waals surface area contributed by atoms with Gasteiger partial charge in [0, 0.05) is 30.9 Å². The summed E-state index contributed by atoms with van der Waals surface area (Å²) in [5.74, 6) is -0.425. The molecule has 1 atom stereocenters. The van der Waals surface area contributed by atoms with Crippen molar-refractivity contribution >= 4 is 52.0 Å². The largest absolute Gasteiger partial charge is 0.433 e. The predicted octanol–water partition coefficient (Wildman–Crippen LogP) is 4.66. The number of anilines is 2. The molecule has 5 rings (SSSR count). The Morgan fingerprint density at radius 2 is 1.85 bits per heavy atom. The lowest BCUT2D eigenvalue weighted by Gasteiger charge is -2.44. The maximum Gasteiger partial charge on any atom is 0.387 e. The number of carbonyl (C=O) groups is 3. The molecule has 1 aliphatic heterocycles. The zero-order chi connectivity index (χ0) is 28.9. The number of ether oxygens (including phenoxy) is 2. The number of rotatable bonds is 12. The molecule has 2 aliphatic carbocycles. The van der Waals surface area contributed by atoms with Crippen molar-refractivity contribution in [2.75, 3.05) is 36.5 Å². The number of amides is 3. The van der Waals surface area contributed by atoms with Crippen LogP contribution in [0.4, 0.5) is 20.2 Å². The molecule has 2 heterocycles. The standard InChI is InChI=1S/C28H33ClF2N4O5S/c29-23-10-9-22(41-23)27(38)32-14-19(34-25(16-3-1-4-16)17-5-2-6-17)26(37)33-18-7-8-20(21(13-18)40-28(30)31)35-11-12-39-15-24(35)36/h7-10,13,16-17,19,25,28,34H,1-6,11-12,14-15H2,(H,32,38)(H,33,37)/t19-/m0/s1. The van der Waals surface area contributed by atoms with Gasteiger partial charge in [0.15, 0.2) is 5.75 Å². The van der Waals surface area contributed by atoms with E-state index in [2.05, 4.69) is 16.0 Å². The first-order valence-corrected chi connectivity index (χ1v) is 15.1. The molecule has 1 aromatic carbocycles. The van der Waals surface area contributed by atoms with Gasteiger partial charge in [-0.05, 0) is 61.8 Å². The molecule has 3 N–H and O–H groups in total. The molecular weight excluding hydrogens is 578 g/mol. The van der Waals surface area contributed by atoms with Gasteiger partial charge in [0.2, 0.25) is 5.91 Å². The fourth-order valence-corrected chi connectivity index (χ4v) is 6.40. The molecule has 0 bridgehead atoms. The lowest BCUT2D eigenvalue weighted by molar-refractivity contribution is -0.125. The highest BCUT2D eigenvalue weighted by atomic mass is 35.5. The second-order valence-electron chi connectivity index (χ2n) is 10.6. The fourth-order valence-electron chi connectivity index (χ4n) is 5.44. The summed E-state index contributed by atoms with van der Waals surface area (Å²) in [5.41, 5.74) is 0.394. The van der Waals surface area contributed by atoms with E-state index in [-0.39, 0.29) is 61.3 Å². The summed E-state index contributed by atoms with van der Waals surface area (Å²) in [6.45, 7) is -2.81. The molecule has 2 aromatic rings. The van der Waals surface area contributed by atoms with Crippen LogP contribution >= 0.6 is 22.9 Å². The van der Waals surface area contributed by atoms with Crippen LogP contribution in [0.5, 0.6) is 5.75 Å². The van der Waals surface area contributed by atoms with E-state index < -0.39 is 18.6 Å². The Balaban J connectivity index is 1.34. The molecule has 0 spiro atoms. The minimum Gasteiger partial charge on any atom is -0.433 e. The van der Waals surface area contributed by atoms with Crippen LogP contribution in [-0.4, -0.2) is 62.7 Å². The van der Waals surface area contributed by atoms with E-state index >= 15 is 0 Å². The number of hydrogen-bond donors (Lipinski definition) is 3. The van der Waals surface area contributed by atoms with E-state index in [1.54, 1.807) is 12.1 Å².